The number of pyridine rings is 1. The monoisotopic (exact) mass is 850 g/mol. The van der Waals surface area contributed by atoms with E-state index in [4.69, 9.17) is 15.0 Å². The van der Waals surface area contributed by atoms with E-state index in [0.717, 1.165) is 60.5 Å². The lowest BCUT2D eigenvalue weighted by Gasteiger charge is -2.18. The highest BCUT2D eigenvalue weighted by Crippen LogP contribution is 2.46. The van der Waals surface area contributed by atoms with Gasteiger partial charge in [0.2, 0.25) is 0 Å². The zero-order chi connectivity index (χ0) is 42.1. The summed E-state index contributed by atoms with van der Waals surface area (Å²) in [7, 11) is 0. The normalized spacial score (nSPS) is 11.8. The van der Waals surface area contributed by atoms with Gasteiger partial charge < -0.3 is 0 Å². The molecule has 4 heterocycles. The molecule has 0 spiro atoms. The lowest BCUT2D eigenvalue weighted by atomic mass is 9.88. The molecule has 13 aromatic rings. The number of hydrogen-bond acceptors (Lipinski definition) is 6. The molecular weight excluding hydrogens is 817 g/mol. The van der Waals surface area contributed by atoms with Crippen molar-refractivity contribution in [3.8, 4) is 67.5 Å². The number of nitrogens with zero attached hydrogens (tertiary/aromatic N) is 4. The quantitative estimate of drug-likeness (QED) is 0.156. The first kappa shape index (κ1) is 36.7. The van der Waals surface area contributed by atoms with E-state index in [1.807, 2.05) is 53.3 Å². The predicted molar refractivity (Wildman–Crippen MR) is 271 cm³/mol. The smallest absolute Gasteiger partial charge is 0.165 e. The first-order valence-corrected chi connectivity index (χ1v) is 23.0. The molecule has 0 radical (unpaired) electrons. The third-order valence-corrected chi connectivity index (χ3v) is 14.9. The van der Waals surface area contributed by atoms with E-state index in [1.54, 1.807) is 0 Å². The standard InChI is InChI=1S/C58H34N4S2/c1-2-14-36(15-3-1)56-60-57(62-58(61-56)53-46-20-6-4-18-44(46)52(35-28-30-59-31-29-35)45-19-5-7-21-47(45)53)39-33-37(40-22-12-24-48-42-16-8-10-26-50(42)63-54(40)48)32-38(34-39)41-23-13-25-49-43-17-9-11-27-51(43)64-55(41)49/h1-34H. The summed E-state index contributed by atoms with van der Waals surface area (Å²) in [6.45, 7) is 0. The molecule has 0 bridgehead atoms. The summed E-state index contributed by atoms with van der Waals surface area (Å²) in [4.78, 5) is 20.6. The number of hydrogen-bond donors (Lipinski definition) is 0. The van der Waals surface area contributed by atoms with Gasteiger partial charge >= 0.3 is 0 Å². The van der Waals surface area contributed by atoms with Crippen LogP contribution in [0.15, 0.2) is 207 Å². The molecule has 4 nitrogen and oxygen atoms in total. The van der Waals surface area contributed by atoms with Gasteiger partial charge in [0, 0.05) is 69.4 Å². The van der Waals surface area contributed by atoms with Gasteiger partial charge in [-0.2, -0.15) is 0 Å². The van der Waals surface area contributed by atoms with E-state index in [1.165, 1.54) is 51.5 Å². The topological polar surface area (TPSA) is 51.6 Å². The Morgan fingerprint density at radius 3 is 1.25 bits per heavy atom. The molecule has 64 heavy (non-hydrogen) atoms. The summed E-state index contributed by atoms with van der Waals surface area (Å²) in [5.41, 5.74) is 9.71. The first-order valence-electron chi connectivity index (χ1n) is 21.4. The Morgan fingerprint density at radius 1 is 0.281 bits per heavy atom. The summed E-state index contributed by atoms with van der Waals surface area (Å²) in [5, 5.41) is 9.49. The minimum Gasteiger partial charge on any atom is -0.265 e. The Bertz CT molecular complexity index is 3780. The fourth-order valence-electron chi connectivity index (χ4n) is 9.55. The third-order valence-electron chi connectivity index (χ3n) is 12.4. The second-order valence-electron chi connectivity index (χ2n) is 16.1. The fraction of sp³-hybridized carbons (Fsp3) is 0. The molecule has 0 aliphatic heterocycles. The predicted octanol–water partition coefficient (Wildman–Crippen LogP) is 16.3. The molecule has 0 saturated heterocycles. The second kappa shape index (κ2) is 14.9. The van der Waals surface area contributed by atoms with Gasteiger partial charge in [0.05, 0.1) is 0 Å². The highest BCUT2D eigenvalue weighted by atomic mass is 32.1. The van der Waals surface area contributed by atoms with Gasteiger partial charge in [0.1, 0.15) is 0 Å². The summed E-state index contributed by atoms with van der Waals surface area (Å²) in [6, 6.07) is 69.5. The van der Waals surface area contributed by atoms with Crippen LogP contribution >= 0.6 is 22.7 Å². The van der Waals surface area contributed by atoms with Crippen molar-refractivity contribution in [2.24, 2.45) is 0 Å². The highest BCUT2D eigenvalue weighted by Gasteiger charge is 2.22. The molecule has 0 unspecified atom stereocenters. The van der Waals surface area contributed by atoms with E-state index >= 15 is 0 Å². The van der Waals surface area contributed by atoms with Crippen LogP contribution in [0.5, 0.6) is 0 Å². The summed E-state index contributed by atoms with van der Waals surface area (Å²) >= 11 is 3.70. The van der Waals surface area contributed by atoms with Gasteiger partial charge in [-0.1, -0.05) is 152 Å². The first-order chi connectivity index (χ1) is 31.7. The maximum absolute atomic E-state index is 5.54. The maximum atomic E-state index is 5.54. The van der Waals surface area contributed by atoms with Crippen molar-refractivity contribution in [1.29, 1.82) is 0 Å². The number of rotatable bonds is 6. The second-order valence-corrected chi connectivity index (χ2v) is 18.2. The molecular formula is C58H34N4S2. The summed E-state index contributed by atoms with van der Waals surface area (Å²) < 4.78 is 5.08. The average Bonchev–Trinajstić information content (AvgIpc) is 3.95. The van der Waals surface area contributed by atoms with Gasteiger partial charge in [0.15, 0.2) is 17.5 Å². The van der Waals surface area contributed by atoms with E-state index < -0.39 is 0 Å². The van der Waals surface area contributed by atoms with Crippen LogP contribution in [0.2, 0.25) is 0 Å². The third kappa shape index (κ3) is 5.95. The largest absolute Gasteiger partial charge is 0.265 e. The van der Waals surface area contributed by atoms with Crippen LogP contribution in [-0.4, -0.2) is 19.9 Å². The Morgan fingerprint density at radius 2 is 0.703 bits per heavy atom. The van der Waals surface area contributed by atoms with Crippen molar-refractivity contribution in [3.05, 3.63) is 207 Å². The van der Waals surface area contributed by atoms with E-state index in [9.17, 15) is 0 Å². The Labute approximate surface area is 376 Å². The minimum absolute atomic E-state index is 0.616. The summed E-state index contributed by atoms with van der Waals surface area (Å²) in [5.74, 6) is 1.87. The molecule has 13 rings (SSSR count). The van der Waals surface area contributed by atoms with Crippen LogP contribution in [-0.2, 0) is 0 Å². The molecule has 9 aromatic carbocycles. The zero-order valence-electron chi connectivity index (χ0n) is 34.2. The fourth-order valence-corrected chi connectivity index (χ4v) is 12.0. The van der Waals surface area contributed by atoms with Gasteiger partial charge in [-0.05, 0) is 97.4 Å². The average molecular weight is 851 g/mol. The van der Waals surface area contributed by atoms with Crippen LogP contribution in [0, 0.1) is 0 Å². The molecule has 0 atom stereocenters. The van der Waals surface area contributed by atoms with Crippen molar-refractivity contribution in [3.63, 3.8) is 0 Å². The van der Waals surface area contributed by atoms with Crippen molar-refractivity contribution < 1.29 is 0 Å². The van der Waals surface area contributed by atoms with Crippen molar-refractivity contribution in [2.75, 3.05) is 0 Å². The van der Waals surface area contributed by atoms with E-state index in [0.29, 0.717) is 17.5 Å². The van der Waals surface area contributed by atoms with Gasteiger partial charge in [-0.15, -0.1) is 22.7 Å². The Balaban J connectivity index is 1.11. The van der Waals surface area contributed by atoms with Crippen LogP contribution < -0.4 is 0 Å². The molecule has 0 saturated carbocycles. The lowest BCUT2D eigenvalue weighted by molar-refractivity contribution is 1.08. The van der Waals surface area contributed by atoms with E-state index in [2.05, 4.69) is 181 Å². The molecule has 4 aromatic heterocycles. The molecule has 0 N–H and O–H groups in total. The highest BCUT2D eigenvalue weighted by molar-refractivity contribution is 7.26. The van der Waals surface area contributed by atoms with Gasteiger partial charge in [0.25, 0.3) is 0 Å². The SMILES string of the molecule is c1ccc(-c2nc(-c3cc(-c4cccc5c4sc4ccccc45)cc(-c4cccc5c4sc4ccccc45)c3)nc(-c3c4ccccc4c(-c4ccncc4)c4ccccc34)n2)cc1. The Kier molecular flexibility index (Phi) is 8.54. The molecule has 6 heteroatoms. The number of thiophene rings is 2. The Hall–Kier alpha value is -7.90. The van der Waals surface area contributed by atoms with Gasteiger partial charge in [-0.3, -0.25) is 4.98 Å². The molecule has 298 valence electrons. The maximum Gasteiger partial charge on any atom is 0.165 e. The number of fused-ring (bicyclic) bond motifs is 8. The minimum atomic E-state index is 0.616. The number of aromatic nitrogens is 4. The molecule has 0 amide bonds. The van der Waals surface area contributed by atoms with Crippen molar-refractivity contribution in [2.45, 2.75) is 0 Å². The lowest BCUT2D eigenvalue weighted by Crippen LogP contribution is -2.02. The van der Waals surface area contributed by atoms with Crippen LogP contribution in [0.1, 0.15) is 0 Å². The van der Waals surface area contributed by atoms with Crippen LogP contribution in [0.3, 0.4) is 0 Å². The van der Waals surface area contributed by atoms with Crippen LogP contribution in [0.4, 0.5) is 0 Å². The van der Waals surface area contributed by atoms with Crippen molar-refractivity contribution >= 4 is 84.6 Å². The summed E-state index contributed by atoms with van der Waals surface area (Å²) in [6.07, 6.45) is 3.73. The molecule has 0 aliphatic rings. The van der Waals surface area contributed by atoms with Gasteiger partial charge in [-0.25, -0.2) is 15.0 Å². The van der Waals surface area contributed by atoms with E-state index in [-0.39, 0.29) is 0 Å². The zero-order valence-corrected chi connectivity index (χ0v) is 35.9. The van der Waals surface area contributed by atoms with Crippen molar-refractivity contribution in [1.82, 2.24) is 19.9 Å². The van der Waals surface area contributed by atoms with Crippen LogP contribution in [0.25, 0.3) is 129 Å². The molecule has 0 aliphatic carbocycles. The number of benzene rings is 9. The molecule has 0 fully saturated rings.